The first-order valence-electron chi connectivity index (χ1n) is 8.25. The molecule has 1 fully saturated rings. The molecular weight excluding hydrogens is 270 g/mol. The second kappa shape index (κ2) is 10.0. The van der Waals surface area contributed by atoms with Gasteiger partial charge in [-0.25, -0.2) is 0 Å². The minimum absolute atomic E-state index is 0.732. The number of ether oxygens (including phenoxy) is 1. The van der Waals surface area contributed by atoms with Crippen molar-refractivity contribution < 1.29 is 4.74 Å². The Hall–Kier alpha value is -1.80. The number of benzene rings is 2. The highest BCUT2D eigenvalue weighted by molar-refractivity contribution is 5.27. The van der Waals surface area contributed by atoms with Gasteiger partial charge in [0.05, 0.1) is 7.11 Å². The Morgan fingerprint density at radius 1 is 0.864 bits per heavy atom. The first-order chi connectivity index (χ1) is 10.9. The highest BCUT2D eigenvalue weighted by Gasteiger charge is 2.11. The van der Waals surface area contributed by atoms with Crippen LogP contribution in [0.1, 0.15) is 37.7 Å². The zero-order chi connectivity index (χ0) is 15.5. The van der Waals surface area contributed by atoms with Crippen molar-refractivity contribution in [2.24, 2.45) is 0 Å². The van der Waals surface area contributed by atoms with Crippen LogP contribution >= 0.6 is 0 Å². The Morgan fingerprint density at radius 3 is 1.91 bits per heavy atom. The number of methoxy groups -OCH3 is 1. The average Bonchev–Trinajstić information content (AvgIpc) is 2.63. The van der Waals surface area contributed by atoms with Crippen LogP contribution in [0, 0.1) is 0 Å². The van der Waals surface area contributed by atoms with Crippen LogP contribution in [0.4, 0.5) is 0 Å². The van der Waals surface area contributed by atoms with Crippen LogP contribution in [0.3, 0.4) is 0 Å². The zero-order valence-electron chi connectivity index (χ0n) is 13.5. The van der Waals surface area contributed by atoms with E-state index in [-0.39, 0.29) is 0 Å². The van der Waals surface area contributed by atoms with Crippen molar-refractivity contribution in [3.05, 3.63) is 66.2 Å². The monoisotopic (exact) mass is 297 g/mol. The van der Waals surface area contributed by atoms with Crippen LogP contribution in [0.25, 0.3) is 0 Å². The van der Waals surface area contributed by atoms with E-state index in [4.69, 9.17) is 4.74 Å². The Balaban J connectivity index is 0.000000246. The predicted molar refractivity (Wildman–Crippen MR) is 93.1 cm³/mol. The summed E-state index contributed by atoms with van der Waals surface area (Å²) >= 11 is 0. The normalized spacial score (nSPS) is 14.8. The molecule has 2 nitrogen and oxygen atoms in total. The molecular formula is C20H27NO. The number of nitrogens with one attached hydrogen (secondary N) is 1. The molecule has 0 aromatic heterocycles. The molecule has 22 heavy (non-hydrogen) atoms. The van der Waals surface area contributed by atoms with Crippen molar-refractivity contribution in [2.75, 3.05) is 7.11 Å². The fraction of sp³-hybridized carbons (Fsp3) is 0.400. The lowest BCUT2D eigenvalue weighted by atomic mass is 9.95. The van der Waals surface area contributed by atoms with Gasteiger partial charge in [-0.1, -0.05) is 67.8 Å². The standard InChI is InChI=1S/C14H21NO.C6H6/c1-16-14-9-7-12(8-10-14)11-15-13-5-3-2-4-6-13;1-2-4-6-5-3-1/h7-10,13,15H,2-6,11H2,1H3;1-6H. The van der Waals surface area contributed by atoms with Gasteiger partial charge in [0.1, 0.15) is 5.75 Å². The van der Waals surface area contributed by atoms with Gasteiger partial charge in [0.15, 0.2) is 0 Å². The van der Waals surface area contributed by atoms with Crippen molar-refractivity contribution in [3.8, 4) is 5.75 Å². The van der Waals surface area contributed by atoms with E-state index >= 15 is 0 Å². The van der Waals surface area contributed by atoms with Crippen LogP contribution in [0.5, 0.6) is 5.75 Å². The maximum absolute atomic E-state index is 5.14. The minimum atomic E-state index is 0.732. The molecule has 0 unspecified atom stereocenters. The van der Waals surface area contributed by atoms with Crippen LogP contribution in [0.15, 0.2) is 60.7 Å². The fourth-order valence-corrected chi connectivity index (χ4v) is 2.70. The van der Waals surface area contributed by atoms with E-state index in [9.17, 15) is 0 Å². The highest BCUT2D eigenvalue weighted by Crippen LogP contribution is 2.18. The molecule has 0 bridgehead atoms. The van der Waals surface area contributed by atoms with E-state index in [1.165, 1.54) is 37.7 Å². The first-order valence-corrected chi connectivity index (χ1v) is 8.25. The van der Waals surface area contributed by atoms with Gasteiger partial charge in [-0.05, 0) is 30.5 Å². The summed E-state index contributed by atoms with van der Waals surface area (Å²) in [5.41, 5.74) is 1.34. The van der Waals surface area contributed by atoms with Crippen molar-refractivity contribution in [2.45, 2.75) is 44.7 Å². The third-order valence-corrected chi connectivity index (χ3v) is 4.03. The van der Waals surface area contributed by atoms with E-state index in [0.717, 1.165) is 18.3 Å². The number of hydrogen-bond donors (Lipinski definition) is 1. The van der Waals surface area contributed by atoms with E-state index in [0.29, 0.717) is 0 Å². The van der Waals surface area contributed by atoms with Gasteiger partial charge in [0.2, 0.25) is 0 Å². The largest absolute Gasteiger partial charge is 0.497 e. The highest BCUT2D eigenvalue weighted by atomic mass is 16.5. The first kappa shape index (κ1) is 16.6. The molecule has 0 spiro atoms. The maximum Gasteiger partial charge on any atom is 0.118 e. The second-order valence-corrected chi connectivity index (χ2v) is 5.72. The Bertz CT molecular complexity index is 462. The summed E-state index contributed by atoms with van der Waals surface area (Å²) in [5, 5.41) is 3.63. The molecule has 2 heteroatoms. The molecule has 1 N–H and O–H groups in total. The minimum Gasteiger partial charge on any atom is -0.497 e. The summed E-state index contributed by atoms with van der Waals surface area (Å²) in [6, 6.07) is 21.1. The molecule has 0 heterocycles. The quantitative estimate of drug-likeness (QED) is 0.875. The Kier molecular flexibility index (Phi) is 7.54. The Morgan fingerprint density at radius 2 is 1.41 bits per heavy atom. The van der Waals surface area contributed by atoms with Crippen LogP contribution < -0.4 is 10.1 Å². The summed E-state index contributed by atoms with van der Waals surface area (Å²) in [6.45, 7) is 0.981. The van der Waals surface area contributed by atoms with Gasteiger partial charge in [0, 0.05) is 12.6 Å². The molecule has 118 valence electrons. The lowest BCUT2D eigenvalue weighted by Gasteiger charge is -2.22. The zero-order valence-corrected chi connectivity index (χ0v) is 13.5. The molecule has 3 rings (SSSR count). The molecule has 0 amide bonds. The lowest BCUT2D eigenvalue weighted by molar-refractivity contribution is 0.372. The molecule has 0 aliphatic heterocycles. The van der Waals surface area contributed by atoms with E-state index in [2.05, 4.69) is 17.4 Å². The summed E-state index contributed by atoms with van der Waals surface area (Å²) in [7, 11) is 1.70. The summed E-state index contributed by atoms with van der Waals surface area (Å²) in [6.07, 6.45) is 6.88. The van der Waals surface area contributed by atoms with Crippen LogP contribution in [-0.4, -0.2) is 13.2 Å². The number of hydrogen-bond acceptors (Lipinski definition) is 2. The summed E-state index contributed by atoms with van der Waals surface area (Å²) in [4.78, 5) is 0. The van der Waals surface area contributed by atoms with E-state index < -0.39 is 0 Å². The molecule has 0 atom stereocenters. The molecule has 2 aromatic rings. The lowest BCUT2D eigenvalue weighted by Crippen LogP contribution is -2.30. The molecule has 1 aliphatic carbocycles. The van der Waals surface area contributed by atoms with Gasteiger partial charge < -0.3 is 10.1 Å². The van der Waals surface area contributed by atoms with Crippen LogP contribution in [-0.2, 0) is 6.54 Å². The van der Waals surface area contributed by atoms with Gasteiger partial charge in [-0.2, -0.15) is 0 Å². The molecule has 2 aromatic carbocycles. The molecule has 0 radical (unpaired) electrons. The SMILES string of the molecule is COc1ccc(CNC2CCCCC2)cc1.c1ccccc1. The van der Waals surface area contributed by atoms with Gasteiger partial charge in [-0.15, -0.1) is 0 Å². The molecule has 0 saturated heterocycles. The van der Waals surface area contributed by atoms with Crippen molar-refractivity contribution >= 4 is 0 Å². The van der Waals surface area contributed by atoms with E-state index in [1.807, 2.05) is 48.5 Å². The third kappa shape index (κ3) is 6.31. The third-order valence-electron chi connectivity index (χ3n) is 4.03. The predicted octanol–water partition coefficient (Wildman–Crippen LogP) is 4.80. The van der Waals surface area contributed by atoms with Crippen molar-refractivity contribution in [1.82, 2.24) is 5.32 Å². The van der Waals surface area contributed by atoms with E-state index in [1.54, 1.807) is 7.11 Å². The van der Waals surface area contributed by atoms with Gasteiger partial charge >= 0.3 is 0 Å². The van der Waals surface area contributed by atoms with Crippen molar-refractivity contribution in [1.29, 1.82) is 0 Å². The fourth-order valence-electron chi connectivity index (χ4n) is 2.70. The topological polar surface area (TPSA) is 21.3 Å². The van der Waals surface area contributed by atoms with Crippen LogP contribution in [0.2, 0.25) is 0 Å². The van der Waals surface area contributed by atoms with Gasteiger partial charge in [-0.3, -0.25) is 0 Å². The summed E-state index contributed by atoms with van der Waals surface area (Å²) in [5.74, 6) is 0.932. The molecule has 1 saturated carbocycles. The second-order valence-electron chi connectivity index (χ2n) is 5.72. The maximum atomic E-state index is 5.14. The molecule has 1 aliphatic rings. The average molecular weight is 297 g/mol. The Labute approximate surface area is 134 Å². The van der Waals surface area contributed by atoms with Gasteiger partial charge in [0.25, 0.3) is 0 Å². The van der Waals surface area contributed by atoms with Crippen molar-refractivity contribution in [3.63, 3.8) is 0 Å². The number of rotatable bonds is 4. The summed E-state index contributed by atoms with van der Waals surface area (Å²) < 4.78 is 5.14. The smallest absolute Gasteiger partial charge is 0.118 e.